The van der Waals surface area contributed by atoms with E-state index in [1.54, 1.807) is 0 Å². The van der Waals surface area contributed by atoms with Crippen LogP contribution in [-0.4, -0.2) is 11.1 Å². The Bertz CT molecular complexity index is 390. The van der Waals surface area contributed by atoms with Gasteiger partial charge in [0.05, 0.1) is 0 Å². The molecule has 1 fully saturated rings. The van der Waals surface area contributed by atoms with E-state index in [2.05, 4.69) is 17.5 Å². The standard InChI is InChI=1S/C9H6FNO2S/c10-6-3-1-5(2-4-6)7-8(12)11-9(14)13-7/h1-4,7H,(H,11,12,14). The van der Waals surface area contributed by atoms with Crippen molar-refractivity contribution in [2.45, 2.75) is 6.10 Å². The fourth-order valence-corrected chi connectivity index (χ4v) is 1.41. The number of amides is 1. The molecular weight excluding hydrogens is 205 g/mol. The van der Waals surface area contributed by atoms with Crippen LogP contribution in [0.1, 0.15) is 11.7 Å². The fourth-order valence-electron chi connectivity index (χ4n) is 1.21. The summed E-state index contributed by atoms with van der Waals surface area (Å²) >= 11 is 4.67. The van der Waals surface area contributed by atoms with E-state index < -0.39 is 6.10 Å². The van der Waals surface area contributed by atoms with E-state index in [9.17, 15) is 9.18 Å². The van der Waals surface area contributed by atoms with Gasteiger partial charge in [-0.2, -0.15) is 0 Å². The highest BCUT2D eigenvalue weighted by atomic mass is 32.1. The second-order valence-electron chi connectivity index (χ2n) is 2.83. The molecule has 1 aliphatic heterocycles. The van der Waals surface area contributed by atoms with Gasteiger partial charge in [0.15, 0.2) is 0 Å². The Kier molecular flexibility index (Phi) is 2.17. The summed E-state index contributed by atoms with van der Waals surface area (Å²) in [6, 6.07) is 5.53. The van der Waals surface area contributed by atoms with Crippen molar-refractivity contribution in [3.63, 3.8) is 0 Å². The number of nitrogens with one attached hydrogen (secondary N) is 1. The first-order valence-electron chi connectivity index (χ1n) is 3.94. The van der Waals surface area contributed by atoms with Crippen molar-refractivity contribution in [1.82, 2.24) is 5.32 Å². The van der Waals surface area contributed by atoms with Crippen LogP contribution in [0.5, 0.6) is 0 Å². The molecule has 1 heterocycles. The zero-order valence-corrected chi connectivity index (χ0v) is 7.81. The Hall–Kier alpha value is -1.49. The summed E-state index contributed by atoms with van der Waals surface area (Å²) in [5.74, 6) is -0.670. The quantitative estimate of drug-likeness (QED) is 0.711. The number of benzene rings is 1. The molecule has 1 N–H and O–H groups in total. The van der Waals surface area contributed by atoms with Crippen LogP contribution in [0.25, 0.3) is 0 Å². The highest BCUT2D eigenvalue weighted by molar-refractivity contribution is 7.80. The fraction of sp³-hybridized carbons (Fsp3) is 0.111. The maximum absolute atomic E-state index is 12.6. The molecule has 72 valence electrons. The molecule has 14 heavy (non-hydrogen) atoms. The molecule has 0 radical (unpaired) electrons. The minimum absolute atomic E-state index is 0.0596. The largest absolute Gasteiger partial charge is 0.452 e. The molecule has 0 bridgehead atoms. The van der Waals surface area contributed by atoms with Gasteiger partial charge in [-0.25, -0.2) is 4.39 Å². The van der Waals surface area contributed by atoms with Crippen LogP contribution in [0, 0.1) is 5.82 Å². The lowest BCUT2D eigenvalue weighted by atomic mass is 10.1. The van der Waals surface area contributed by atoms with Crippen molar-refractivity contribution in [1.29, 1.82) is 0 Å². The summed E-state index contributed by atoms with van der Waals surface area (Å²) in [6.07, 6.45) is -0.747. The first-order valence-corrected chi connectivity index (χ1v) is 4.34. The number of hydrogen-bond donors (Lipinski definition) is 1. The summed E-state index contributed by atoms with van der Waals surface area (Å²) in [7, 11) is 0. The Morgan fingerprint density at radius 3 is 2.50 bits per heavy atom. The average Bonchev–Trinajstić information content (AvgIpc) is 2.47. The lowest BCUT2D eigenvalue weighted by molar-refractivity contribution is -0.123. The molecule has 1 aromatic rings. The number of carbonyl (C=O) groups excluding carboxylic acids is 1. The number of carbonyl (C=O) groups is 1. The predicted molar refractivity (Wildman–Crippen MR) is 51.0 cm³/mol. The second-order valence-corrected chi connectivity index (χ2v) is 3.20. The van der Waals surface area contributed by atoms with Crippen molar-refractivity contribution in [2.75, 3.05) is 0 Å². The van der Waals surface area contributed by atoms with Gasteiger partial charge >= 0.3 is 0 Å². The van der Waals surface area contributed by atoms with Gasteiger partial charge in [-0.1, -0.05) is 12.1 Å². The Morgan fingerprint density at radius 2 is 2.00 bits per heavy atom. The Balaban J connectivity index is 2.27. The monoisotopic (exact) mass is 211 g/mol. The van der Waals surface area contributed by atoms with Crippen molar-refractivity contribution in [3.05, 3.63) is 35.6 Å². The van der Waals surface area contributed by atoms with E-state index in [1.165, 1.54) is 24.3 Å². The second kappa shape index (κ2) is 3.34. The van der Waals surface area contributed by atoms with Crippen LogP contribution in [0.4, 0.5) is 4.39 Å². The minimum atomic E-state index is -0.747. The highest BCUT2D eigenvalue weighted by Gasteiger charge is 2.30. The smallest absolute Gasteiger partial charge is 0.273 e. The molecule has 1 aromatic carbocycles. The van der Waals surface area contributed by atoms with Gasteiger partial charge in [-0.15, -0.1) is 0 Å². The van der Waals surface area contributed by atoms with E-state index in [4.69, 9.17) is 4.74 Å². The van der Waals surface area contributed by atoms with E-state index in [-0.39, 0.29) is 16.9 Å². The van der Waals surface area contributed by atoms with Gasteiger partial charge in [0.1, 0.15) is 5.82 Å². The van der Waals surface area contributed by atoms with Crippen LogP contribution in [-0.2, 0) is 9.53 Å². The van der Waals surface area contributed by atoms with Crippen molar-refractivity contribution < 1.29 is 13.9 Å². The number of thiocarbonyl (C=S) groups is 1. The summed E-state index contributed by atoms with van der Waals surface area (Å²) in [5, 5.41) is 2.42. The Morgan fingerprint density at radius 1 is 1.36 bits per heavy atom. The van der Waals surface area contributed by atoms with Gasteiger partial charge in [0, 0.05) is 5.56 Å². The van der Waals surface area contributed by atoms with Crippen molar-refractivity contribution in [3.8, 4) is 0 Å². The maximum Gasteiger partial charge on any atom is 0.273 e. The zero-order valence-electron chi connectivity index (χ0n) is 6.99. The molecular formula is C9H6FNO2S. The molecule has 0 aromatic heterocycles. The molecule has 0 aliphatic carbocycles. The SMILES string of the molecule is O=C1NC(=S)OC1c1ccc(F)cc1. The van der Waals surface area contributed by atoms with Crippen LogP contribution in [0.3, 0.4) is 0 Å². The van der Waals surface area contributed by atoms with Crippen molar-refractivity contribution >= 4 is 23.3 Å². The summed E-state index contributed by atoms with van der Waals surface area (Å²) in [6.45, 7) is 0. The number of halogens is 1. The summed E-state index contributed by atoms with van der Waals surface area (Å²) in [4.78, 5) is 11.3. The third-order valence-electron chi connectivity index (χ3n) is 1.86. The van der Waals surface area contributed by atoms with Gasteiger partial charge < -0.3 is 4.74 Å². The van der Waals surface area contributed by atoms with Gasteiger partial charge in [0.2, 0.25) is 6.10 Å². The lowest BCUT2D eigenvalue weighted by Crippen LogP contribution is -2.20. The Labute approximate surface area is 84.9 Å². The van der Waals surface area contributed by atoms with Crippen LogP contribution in [0.2, 0.25) is 0 Å². The lowest BCUT2D eigenvalue weighted by Gasteiger charge is -2.05. The third kappa shape index (κ3) is 1.58. The van der Waals surface area contributed by atoms with E-state index in [1.807, 2.05) is 0 Å². The molecule has 0 saturated carbocycles. The van der Waals surface area contributed by atoms with E-state index >= 15 is 0 Å². The van der Waals surface area contributed by atoms with E-state index in [0.717, 1.165) is 0 Å². The van der Waals surface area contributed by atoms with E-state index in [0.29, 0.717) is 5.56 Å². The molecule has 1 aliphatic rings. The predicted octanol–water partition coefficient (Wildman–Crippen LogP) is 1.30. The third-order valence-corrected chi connectivity index (χ3v) is 2.06. The molecule has 5 heteroatoms. The zero-order chi connectivity index (χ0) is 10.1. The molecule has 2 rings (SSSR count). The van der Waals surface area contributed by atoms with Gasteiger partial charge in [-0.05, 0) is 24.4 Å². The number of hydrogen-bond acceptors (Lipinski definition) is 3. The van der Waals surface area contributed by atoms with Crippen molar-refractivity contribution in [2.24, 2.45) is 0 Å². The van der Waals surface area contributed by atoms with Gasteiger partial charge in [-0.3, -0.25) is 10.1 Å². The van der Waals surface area contributed by atoms with Crippen LogP contribution in [0.15, 0.2) is 24.3 Å². The maximum atomic E-state index is 12.6. The first kappa shape index (κ1) is 9.08. The summed E-state index contributed by atoms with van der Waals surface area (Å²) in [5.41, 5.74) is 0.587. The van der Waals surface area contributed by atoms with Crippen LogP contribution < -0.4 is 5.32 Å². The van der Waals surface area contributed by atoms with Crippen LogP contribution >= 0.6 is 12.2 Å². The number of ether oxygens (including phenoxy) is 1. The normalized spacial score (nSPS) is 20.5. The highest BCUT2D eigenvalue weighted by Crippen LogP contribution is 2.21. The minimum Gasteiger partial charge on any atom is -0.452 e. The molecule has 0 spiro atoms. The summed E-state index contributed by atoms with van der Waals surface area (Å²) < 4.78 is 17.6. The molecule has 1 amide bonds. The first-order chi connectivity index (χ1) is 6.66. The van der Waals surface area contributed by atoms with Gasteiger partial charge in [0.25, 0.3) is 11.1 Å². The molecule has 1 atom stereocenters. The molecule has 1 saturated heterocycles. The number of rotatable bonds is 1. The average molecular weight is 211 g/mol. The molecule has 1 unspecified atom stereocenters. The molecule has 3 nitrogen and oxygen atoms in total. The topological polar surface area (TPSA) is 38.3 Å².